The summed E-state index contributed by atoms with van der Waals surface area (Å²) in [6.07, 6.45) is 0. The van der Waals surface area contributed by atoms with Gasteiger partial charge < -0.3 is 21.1 Å². The quantitative estimate of drug-likeness (QED) is 0.677. The molecular weight excluding hydrogens is 246 g/mol. The first-order valence-electron chi connectivity index (χ1n) is 6.02. The van der Waals surface area contributed by atoms with Crippen molar-refractivity contribution in [3.63, 3.8) is 0 Å². The van der Waals surface area contributed by atoms with Crippen LogP contribution < -0.4 is 21.1 Å². The maximum atomic E-state index is 12.1. The molecule has 0 fully saturated rings. The summed E-state index contributed by atoms with van der Waals surface area (Å²) in [5.41, 5.74) is 6.40. The Morgan fingerprint density at radius 2 is 2.11 bits per heavy atom. The lowest BCUT2D eigenvalue weighted by Gasteiger charge is -2.15. The van der Waals surface area contributed by atoms with Crippen molar-refractivity contribution in [2.45, 2.75) is 19.9 Å². The predicted molar refractivity (Wildman–Crippen MR) is 73.0 cm³/mol. The van der Waals surface area contributed by atoms with Gasteiger partial charge in [-0.15, -0.1) is 0 Å². The highest BCUT2D eigenvalue weighted by molar-refractivity contribution is 6.00. The zero-order valence-electron chi connectivity index (χ0n) is 11.3. The Morgan fingerprint density at radius 3 is 2.68 bits per heavy atom. The van der Waals surface area contributed by atoms with Crippen molar-refractivity contribution in [1.29, 1.82) is 0 Å². The van der Waals surface area contributed by atoms with Gasteiger partial charge in [-0.2, -0.15) is 0 Å². The standard InChI is InChI=1S/C13H19N3O3/c1-4-15-12(17)8(2)16-13(18)9-6-5-7-10(14)11(9)19-3/h5-8H,4,14H2,1-3H3,(H,15,17)(H,16,18). The summed E-state index contributed by atoms with van der Waals surface area (Å²) in [7, 11) is 1.44. The smallest absolute Gasteiger partial charge is 0.255 e. The second-order valence-corrected chi connectivity index (χ2v) is 4.02. The molecule has 2 amide bonds. The Hall–Kier alpha value is -2.24. The van der Waals surface area contributed by atoms with Crippen LogP contribution in [0.3, 0.4) is 0 Å². The van der Waals surface area contributed by atoms with Gasteiger partial charge in [0.25, 0.3) is 5.91 Å². The van der Waals surface area contributed by atoms with Crippen molar-refractivity contribution in [2.75, 3.05) is 19.4 Å². The number of methoxy groups -OCH3 is 1. The fraction of sp³-hybridized carbons (Fsp3) is 0.385. The minimum absolute atomic E-state index is 0.237. The number of carbonyl (C=O) groups is 2. The zero-order valence-corrected chi connectivity index (χ0v) is 11.3. The minimum Gasteiger partial charge on any atom is -0.494 e. The van der Waals surface area contributed by atoms with E-state index in [1.54, 1.807) is 25.1 Å². The van der Waals surface area contributed by atoms with E-state index in [2.05, 4.69) is 10.6 Å². The first-order valence-corrected chi connectivity index (χ1v) is 6.02. The van der Waals surface area contributed by atoms with E-state index in [4.69, 9.17) is 10.5 Å². The van der Waals surface area contributed by atoms with E-state index in [9.17, 15) is 9.59 Å². The van der Waals surface area contributed by atoms with Gasteiger partial charge >= 0.3 is 0 Å². The van der Waals surface area contributed by atoms with Gasteiger partial charge in [-0.25, -0.2) is 0 Å². The first kappa shape index (κ1) is 14.8. The van der Waals surface area contributed by atoms with Gasteiger partial charge in [0, 0.05) is 6.54 Å². The summed E-state index contributed by atoms with van der Waals surface area (Å²) >= 11 is 0. The molecule has 0 heterocycles. The van der Waals surface area contributed by atoms with Crippen LogP contribution in [0.2, 0.25) is 0 Å². The molecule has 104 valence electrons. The average molecular weight is 265 g/mol. The molecular formula is C13H19N3O3. The van der Waals surface area contributed by atoms with E-state index in [0.717, 1.165) is 0 Å². The Morgan fingerprint density at radius 1 is 1.42 bits per heavy atom. The van der Waals surface area contributed by atoms with Gasteiger partial charge in [-0.05, 0) is 26.0 Å². The number of ether oxygens (including phenoxy) is 1. The van der Waals surface area contributed by atoms with E-state index in [1.165, 1.54) is 7.11 Å². The molecule has 0 aromatic heterocycles. The Bertz CT molecular complexity index is 474. The number of nitrogen functional groups attached to an aromatic ring is 1. The van der Waals surface area contributed by atoms with E-state index >= 15 is 0 Å². The highest BCUT2D eigenvalue weighted by atomic mass is 16.5. The van der Waals surface area contributed by atoms with Crippen LogP contribution >= 0.6 is 0 Å². The van der Waals surface area contributed by atoms with Crippen molar-refractivity contribution in [3.8, 4) is 5.75 Å². The summed E-state index contributed by atoms with van der Waals surface area (Å²) in [6.45, 7) is 3.94. The number of hydrogen-bond acceptors (Lipinski definition) is 4. The van der Waals surface area contributed by atoms with Gasteiger partial charge in [0.1, 0.15) is 6.04 Å². The third-order valence-corrected chi connectivity index (χ3v) is 2.59. The molecule has 1 aromatic carbocycles. The molecule has 0 saturated heterocycles. The lowest BCUT2D eigenvalue weighted by Crippen LogP contribution is -2.44. The predicted octanol–water partition coefficient (Wildman–Crippen LogP) is 0.532. The van der Waals surface area contributed by atoms with E-state index < -0.39 is 11.9 Å². The minimum atomic E-state index is -0.626. The van der Waals surface area contributed by atoms with Crippen molar-refractivity contribution in [1.82, 2.24) is 10.6 Å². The lowest BCUT2D eigenvalue weighted by atomic mass is 10.1. The molecule has 0 aliphatic carbocycles. The van der Waals surface area contributed by atoms with Crippen molar-refractivity contribution >= 4 is 17.5 Å². The normalized spacial score (nSPS) is 11.5. The SMILES string of the molecule is CCNC(=O)C(C)NC(=O)c1cccc(N)c1OC. The summed E-state index contributed by atoms with van der Waals surface area (Å²) in [6, 6.07) is 4.26. The van der Waals surface area contributed by atoms with Crippen LogP contribution in [0.5, 0.6) is 5.75 Å². The highest BCUT2D eigenvalue weighted by Crippen LogP contribution is 2.25. The maximum absolute atomic E-state index is 12.1. The third kappa shape index (κ3) is 3.61. The van der Waals surface area contributed by atoms with E-state index in [1.807, 2.05) is 6.92 Å². The number of likely N-dealkylation sites (N-methyl/N-ethyl adjacent to an activating group) is 1. The molecule has 1 rings (SSSR count). The molecule has 0 spiro atoms. The second-order valence-electron chi connectivity index (χ2n) is 4.02. The molecule has 0 saturated carbocycles. The van der Waals surface area contributed by atoms with Gasteiger partial charge in [-0.3, -0.25) is 9.59 Å². The van der Waals surface area contributed by atoms with Crippen LogP contribution in [0.1, 0.15) is 24.2 Å². The molecule has 0 bridgehead atoms. The maximum Gasteiger partial charge on any atom is 0.255 e. The van der Waals surface area contributed by atoms with Gasteiger partial charge in [0.2, 0.25) is 5.91 Å². The van der Waals surface area contributed by atoms with Gasteiger partial charge in [0.05, 0.1) is 18.4 Å². The average Bonchev–Trinajstić information content (AvgIpc) is 2.38. The first-order chi connectivity index (χ1) is 9.01. The fourth-order valence-corrected chi connectivity index (χ4v) is 1.63. The van der Waals surface area contributed by atoms with Gasteiger partial charge in [0.15, 0.2) is 5.75 Å². The van der Waals surface area contributed by atoms with Crippen LogP contribution in [0.15, 0.2) is 18.2 Å². The Kier molecular flexibility index (Phi) is 5.17. The van der Waals surface area contributed by atoms with Crippen LogP contribution in [0, 0.1) is 0 Å². The molecule has 1 atom stereocenters. The second kappa shape index (κ2) is 6.63. The molecule has 6 nitrogen and oxygen atoms in total. The molecule has 0 aliphatic rings. The Labute approximate surface area is 112 Å². The number of hydrogen-bond donors (Lipinski definition) is 3. The Balaban J connectivity index is 2.84. The number of para-hydroxylation sites is 1. The number of carbonyl (C=O) groups excluding carboxylic acids is 2. The molecule has 1 unspecified atom stereocenters. The molecule has 6 heteroatoms. The molecule has 4 N–H and O–H groups in total. The molecule has 19 heavy (non-hydrogen) atoms. The summed E-state index contributed by atoms with van der Waals surface area (Å²) < 4.78 is 5.10. The van der Waals surface area contributed by atoms with Crippen LogP contribution in [-0.2, 0) is 4.79 Å². The fourth-order valence-electron chi connectivity index (χ4n) is 1.63. The number of anilines is 1. The van der Waals surface area contributed by atoms with Crippen molar-refractivity contribution < 1.29 is 14.3 Å². The molecule has 0 radical (unpaired) electrons. The topological polar surface area (TPSA) is 93.5 Å². The summed E-state index contributed by atoms with van der Waals surface area (Å²) in [4.78, 5) is 23.6. The van der Waals surface area contributed by atoms with Gasteiger partial charge in [-0.1, -0.05) is 6.07 Å². The monoisotopic (exact) mass is 265 g/mol. The van der Waals surface area contributed by atoms with Crippen molar-refractivity contribution in [3.05, 3.63) is 23.8 Å². The lowest BCUT2D eigenvalue weighted by molar-refractivity contribution is -0.122. The number of nitrogens with two attached hydrogens (primary N) is 1. The number of benzene rings is 1. The van der Waals surface area contributed by atoms with Crippen LogP contribution in [0.25, 0.3) is 0 Å². The van der Waals surface area contributed by atoms with Crippen LogP contribution in [-0.4, -0.2) is 31.5 Å². The molecule has 1 aromatic rings. The highest BCUT2D eigenvalue weighted by Gasteiger charge is 2.19. The number of rotatable bonds is 5. The molecule has 0 aliphatic heterocycles. The van der Waals surface area contributed by atoms with Crippen LogP contribution in [0.4, 0.5) is 5.69 Å². The zero-order chi connectivity index (χ0) is 14.4. The largest absolute Gasteiger partial charge is 0.494 e. The summed E-state index contributed by atoms with van der Waals surface area (Å²) in [5.74, 6) is -0.329. The van der Waals surface area contributed by atoms with E-state index in [0.29, 0.717) is 23.5 Å². The van der Waals surface area contributed by atoms with Crippen molar-refractivity contribution in [2.24, 2.45) is 0 Å². The number of nitrogens with one attached hydrogen (secondary N) is 2. The number of amides is 2. The summed E-state index contributed by atoms with van der Waals surface area (Å²) in [5, 5.41) is 5.23. The van der Waals surface area contributed by atoms with E-state index in [-0.39, 0.29) is 5.91 Å². The third-order valence-electron chi connectivity index (χ3n) is 2.59.